The molecule has 1 saturated heterocycles. The second-order valence-corrected chi connectivity index (χ2v) is 8.53. The molecule has 1 aliphatic rings. The topological polar surface area (TPSA) is 71.2 Å². The normalized spacial score (nSPS) is 16.3. The van der Waals surface area contributed by atoms with Gasteiger partial charge in [0.05, 0.1) is 29.4 Å². The van der Waals surface area contributed by atoms with Crippen molar-refractivity contribution in [1.29, 1.82) is 0 Å². The highest BCUT2D eigenvalue weighted by Gasteiger charge is 2.27. The number of piperidine rings is 1. The van der Waals surface area contributed by atoms with E-state index in [1.807, 2.05) is 47.4 Å². The highest BCUT2D eigenvalue weighted by molar-refractivity contribution is 6.06. The Hall–Kier alpha value is -3.58. The number of fused-ring (bicyclic) bond motifs is 1. The highest BCUT2D eigenvalue weighted by Crippen LogP contribution is 2.28. The molecule has 0 aliphatic carbocycles. The number of carbonyl (C=O) groups is 1. The molecule has 1 aliphatic heterocycles. The number of carbonyl (C=O) groups excluding carboxylic acids is 1. The highest BCUT2D eigenvalue weighted by atomic mass is 19.1. The first-order valence-corrected chi connectivity index (χ1v) is 11.2. The third-order valence-corrected chi connectivity index (χ3v) is 6.19. The lowest BCUT2D eigenvalue weighted by molar-refractivity contribution is 0.0622. The van der Waals surface area contributed by atoms with Crippen molar-refractivity contribution in [1.82, 2.24) is 19.7 Å². The molecule has 168 valence electrons. The quantitative estimate of drug-likeness (QED) is 0.503. The summed E-state index contributed by atoms with van der Waals surface area (Å²) in [6.45, 7) is 1.63. The van der Waals surface area contributed by atoms with Gasteiger partial charge in [0.25, 0.3) is 5.91 Å². The summed E-state index contributed by atoms with van der Waals surface area (Å²) in [5.74, 6) is -0.284. The van der Waals surface area contributed by atoms with Gasteiger partial charge in [0.2, 0.25) is 0 Å². The van der Waals surface area contributed by atoms with Crippen LogP contribution in [-0.4, -0.2) is 50.4 Å². The van der Waals surface area contributed by atoms with E-state index in [4.69, 9.17) is 4.98 Å². The van der Waals surface area contributed by atoms with Gasteiger partial charge in [-0.25, -0.2) is 14.1 Å². The first-order valence-electron chi connectivity index (χ1n) is 11.2. The Kier molecular flexibility index (Phi) is 5.88. The SMILES string of the molecule is O=C(c1cc(-c2ccccc2)nc2c1cnn2Cc1cccc(F)c1)N1CCCC(CO)C1. The van der Waals surface area contributed by atoms with Gasteiger partial charge < -0.3 is 10.0 Å². The van der Waals surface area contributed by atoms with E-state index in [0.29, 0.717) is 41.9 Å². The van der Waals surface area contributed by atoms with Crippen molar-refractivity contribution >= 4 is 16.9 Å². The Labute approximate surface area is 191 Å². The second kappa shape index (κ2) is 9.11. The summed E-state index contributed by atoms with van der Waals surface area (Å²) >= 11 is 0. The minimum Gasteiger partial charge on any atom is -0.396 e. The fourth-order valence-electron chi connectivity index (χ4n) is 4.47. The summed E-state index contributed by atoms with van der Waals surface area (Å²) in [5, 5.41) is 14.8. The molecule has 1 fully saturated rings. The van der Waals surface area contributed by atoms with Gasteiger partial charge in [-0.3, -0.25) is 4.79 Å². The monoisotopic (exact) mass is 444 g/mol. The number of aromatic nitrogens is 3. The minimum atomic E-state index is -0.304. The molecule has 0 radical (unpaired) electrons. The number of aliphatic hydroxyl groups excluding tert-OH is 1. The average molecular weight is 445 g/mol. The largest absolute Gasteiger partial charge is 0.396 e. The Morgan fingerprint density at radius 1 is 1.12 bits per heavy atom. The van der Waals surface area contributed by atoms with Gasteiger partial charge in [-0.2, -0.15) is 5.10 Å². The summed E-state index contributed by atoms with van der Waals surface area (Å²) in [6.07, 6.45) is 3.46. The first kappa shape index (κ1) is 21.3. The summed E-state index contributed by atoms with van der Waals surface area (Å²) in [4.78, 5) is 20.3. The number of hydrogen-bond donors (Lipinski definition) is 1. The number of rotatable bonds is 5. The maximum absolute atomic E-state index is 13.7. The molecule has 4 aromatic rings. The van der Waals surface area contributed by atoms with Crippen LogP contribution in [0.2, 0.25) is 0 Å². The Morgan fingerprint density at radius 2 is 1.97 bits per heavy atom. The van der Waals surface area contributed by atoms with E-state index in [1.54, 1.807) is 16.9 Å². The molecule has 0 saturated carbocycles. The minimum absolute atomic E-state index is 0.0797. The molecule has 2 aromatic carbocycles. The lowest BCUT2D eigenvalue weighted by Crippen LogP contribution is -2.41. The Bertz CT molecular complexity index is 1290. The first-order chi connectivity index (χ1) is 16.1. The standard InChI is InChI=1S/C26H25FN4O2/c27-21-10-4-6-18(12-21)16-31-25-23(14-28-31)22(13-24(29-25)20-8-2-1-3-9-20)26(33)30-11-5-7-19(15-30)17-32/h1-4,6,8-10,12-14,19,32H,5,7,11,15-17H2. The molecular weight excluding hydrogens is 419 g/mol. The van der Waals surface area contributed by atoms with Gasteiger partial charge >= 0.3 is 0 Å². The Morgan fingerprint density at radius 3 is 2.76 bits per heavy atom. The number of amides is 1. The number of likely N-dealkylation sites (tertiary alicyclic amines) is 1. The van der Waals surface area contributed by atoms with Gasteiger partial charge in [-0.05, 0) is 42.5 Å². The van der Waals surface area contributed by atoms with E-state index in [-0.39, 0.29) is 24.2 Å². The van der Waals surface area contributed by atoms with Crippen molar-refractivity contribution in [3.63, 3.8) is 0 Å². The van der Waals surface area contributed by atoms with Gasteiger partial charge in [-0.1, -0.05) is 42.5 Å². The molecule has 0 bridgehead atoms. The molecule has 5 rings (SSSR count). The maximum atomic E-state index is 13.7. The predicted octanol–water partition coefficient (Wildman–Crippen LogP) is 4.13. The van der Waals surface area contributed by atoms with Crippen LogP contribution in [-0.2, 0) is 6.54 Å². The maximum Gasteiger partial charge on any atom is 0.254 e. The number of nitrogens with zero attached hydrogens (tertiary/aromatic N) is 4. The third kappa shape index (κ3) is 4.36. The van der Waals surface area contributed by atoms with E-state index >= 15 is 0 Å². The zero-order chi connectivity index (χ0) is 22.8. The van der Waals surface area contributed by atoms with E-state index in [2.05, 4.69) is 5.10 Å². The lowest BCUT2D eigenvalue weighted by atomic mass is 9.97. The van der Waals surface area contributed by atoms with Crippen LogP contribution in [0.3, 0.4) is 0 Å². The van der Waals surface area contributed by atoms with Crippen LogP contribution in [0.25, 0.3) is 22.3 Å². The number of hydrogen-bond acceptors (Lipinski definition) is 4. The van der Waals surface area contributed by atoms with E-state index in [1.165, 1.54) is 12.1 Å². The predicted molar refractivity (Wildman–Crippen MR) is 124 cm³/mol. The van der Waals surface area contributed by atoms with Crippen LogP contribution >= 0.6 is 0 Å². The van der Waals surface area contributed by atoms with Crippen molar-refractivity contribution in [2.24, 2.45) is 5.92 Å². The molecule has 1 amide bonds. The molecule has 1 atom stereocenters. The zero-order valence-electron chi connectivity index (χ0n) is 18.2. The number of benzene rings is 2. The zero-order valence-corrected chi connectivity index (χ0v) is 18.2. The molecule has 3 heterocycles. The van der Waals surface area contributed by atoms with Crippen LogP contribution in [0, 0.1) is 11.7 Å². The third-order valence-electron chi connectivity index (χ3n) is 6.19. The van der Waals surface area contributed by atoms with Crippen LogP contribution in [0.5, 0.6) is 0 Å². The molecule has 33 heavy (non-hydrogen) atoms. The van der Waals surface area contributed by atoms with Crippen LogP contribution in [0.4, 0.5) is 4.39 Å². The number of halogens is 1. The molecule has 7 heteroatoms. The van der Waals surface area contributed by atoms with Gasteiger partial charge in [0.1, 0.15) is 5.82 Å². The molecule has 1 N–H and O–H groups in total. The lowest BCUT2D eigenvalue weighted by Gasteiger charge is -2.32. The average Bonchev–Trinajstić information content (AvgIpc) is 3.26. The van der Waals surface area contributed by atoms with Gasteiger partial charge in [-0.15, -0.1) is 0 Å². The van der Waals surface area contributed by atoms with Crippen LogP contribution < -0.4 is 0 Å². The molecule has 0 spiro atoms. The van der Waals surface area contributed by atoms with Gasteiger partial charge in [0, 0.05) is 25.3 Å². The van der Waals surface area contributed by atoms with Crippen molar-refractivity contribution in [2.75, 3.05) is 19.7 Å². The van der Waals surface area contributed by atoms with Gasteiger partial charge in [0.15, 0.2) is 5.65 Å². The molecule has 6 nitrogen and oxygen atoms in total. The molecule has 1 unspecified atom stereocenters. The van der Waals surface area contributed by atoms with Crippen molar-refractivity contribution in [3.05, 3.63) is 83.8 Å². The smallest absolute Gasteiger partial charge is 0.254 e. The second-order valence-electron chi connectivity index (χ2n) is 8.53. The number of pyridine rings is 1. The summed E-state index contributed by atoms with van der Waals surface area (Å²) in [7, 11) is 0. The molecular formula is C26H25FN4O2. The van der Waals surface area contributed by atoms with Crippen molar-refractivity contribution in [2.45, 2.75) is 19.4 Å². The van der Waals surface area contributed by atoms with Crippen LogP contribution in [0.1, 0.15) is 28.8 Å². The summed E-state index contributed by atoms with van der Waals surface area (Å²) in [5.41, 5.74) is 3.48. The van der Waals surface area contributed by atoms with E-state index in [9.17, 15) is 14.3 Å². The van der Waals surface area contributed by atoms with E-state index < -0.39 is 0 Å². The Balaban J connectivity index is 1.60. The summed E-state index contributed by atoms with van der Waals surface area (Å²) < 4.78 is 15.4. The van der Waals surface area contributed by atoms with Crippen molar-refractivity contribution < 1.29 is 14.3 Å². The molecule has 2 aromatic heterocycles. The summed E-state index contributed by atoms with van der Waals surface area (Å²) in [6, 6.07) is 17.9. The van der Waals surface area contributed by atoms with Crippen LogP contribution in [0.15, 0.2) is 66.9 Å². The fourth-order valence-corrected chi connectivity index (χ4v) is 4.47. The number of aliphatic hydroxyl groups is 1. The van der Waals surface area contributed by atoms with E-state index in [0.717, 1.165) is 24.0 Å². The fraction of sp³-hybridized carbons (Fsp3) is 0.269. The van der Waals surface area contributed by atoms with Crippen molar-refractivity contribution in [3.8, 4) is 11.3 Å².